The number of methoxy groups -OCH3 is 1. The predicted molar refractivity (Wildman–Crippen MR) is 136 cm³/mol. The van der Waals surface area contributed by atoms with E-state index in [1.165, 1.54) is 17.6 Å². The predicted octanol–water partition coefficient (Wildman–Crippen LogP) is 6.29. The van der Waals surface area contributed by atoms with Crippen molar-refractivity contribution in [2.24, 2.45) is 5.10 Å². The Hall–Kier alpha value is -4.14. The number of para-hydroxylation sites is 1. The number of fused-ring (bicyclic) bond motifs is 2. The molecule has 0 saturated carbocycles. The fraction of sp³-hybridized carbons (Fsp3) is 0.0385. The summed E-state index contributed by atoms with van der Waals surface area (Å²) in [5.41, 5.74) is 3.76. The Labute approximate surface area is 208 Å². The van der Waals surface area contributed by atoms with Gasteiger partial charge in [-0.2, -0.15) is 5.10 Å². The fourth-order valence-corrected chi connectivity index (χ4v) is 4.81. The minimum Gasteiger partial charge on any atom is -0.497 e. The number of thiophene rings is 1. The molecule has 5 aromatic rings. The molecule has 1 N–H and O–H groups in total. The summed E-state index contributed by atoms with van der Waals surface area (Å²) in [7, 11) is 1.58. The SMILES string of the molecule is COc1ccc2c(Cl)c(C(=O)Oc3ccc(/C=N\NC(=O)c4cc5ccccc5o4)cc3)sc2c1. The number of esters is 1. The topological polar surface area (TPSA) is 90.1 Å². The normalized spacial score (nSPS) is 11.3. The second-order valence-electron chi connectivity index (χ2n) is 7.41. The van der Waals surface area contributed by atoms with Gasteiger partial charge in [0.1, 0.15) is 22.0 Å². The van der Waals surface area contributed by atoms with Crippen molar-refractivity contribution in [1.29, 1.82) is 0 Å². The number of ether oxygens (including phenoxy) is 2. The molecule has 5 rings (SSSR count). The van der Waals surface area contributed by atoms with E-state index in [4.69, 9.17) is 25.5 Å². The molecule has 3 aromatic carbocycles. The van der Waals surface area contributed by atoms with Gasteiger partial charge in [0.05, 0.1) is 18.3 Å². The molecule has 0 aliphatic heterocycles. The van der Waals surface area contributed by atoms with Gasteiger partial charge in [-0.05, 0) is 60.2 Å². The average Bonchev–Trinajstić information content (AvgIpc) is 3.46. The Morgan fingerprint density at radius 1 is 1.03 bits per heavy atom. The summed E-state index contributed by atoms with van der Waals surface area (Å²) >= 11 is 7.64. The average molecular weight is 505 g/mol. The van der Waals surface area contributed by atoms with E-state index in [1.54, 1.807) is 49.6 Å². The molecule has 7 nitrogen and oxygen atoms in total. The van der Waals surface area contributed by atoms with Crippen molar-refractivity contribution >= 4 is 62.1 Å². The summed E-state index contributed by atoms with van der Waals surface area (Å²) in [6.07, 6.45) is 1.47. The minimum atomic E-state index is -0.547. The quantitative estimate of drug-likeness (QED) is 0.127. The molecular formula is C26H17ClN2O5S. The highest BCUT2D eigenvalue weighted by molar-refractivity contribution is 7.21. The van der Waals surface area contributed by atoms with Gasteiger partial charge in [0.25, 0.3) is 0 Å². The van der Waals surface area contributed by atoms with Crippen molar-refractivity contribution in [2.45, 2.75) is 0 Å². The molecule has 1 amide bonds. The fourth-order valence-electron chi connectivity index (χ4n) is 3.39. The Morgan fingerprint density at radius 3 is 2.57 bits per heavy atom. The van der Waals surface area contributed by atoms with E-state index in [-0.39, 0.29) is 5.76 Å². The maximum absolute atomic E-state index is 12.7. The lowest BCUT2D eigenvalue weighted by atomic mass is 10.2. The monoisotopic (exact) mass is 504 g/mol. The van der Waals surface area contributed by atoms with E-state index in [2.05, 4.69) is 10.5 Å². The molecule has 0 aliphatic rings. The second kappa shape index (κ2) is 9.61. The van der Waals surface area contributed by atoms with Crippen molar-refractivity contribution in [3.8, 4) is 11.5 Å². The number of benzene rings is 3. The lowest BCUT2D eigenvalue weighted by molar-refractivity contribution is 0.0739. The molecule has 174 valence electrons. The van der Waals surface area contributed by atoms with Crippen LogP contribution in [0.1, 0.15) is 25.8 Å². The Balaban J connectivity index is 1.22. The van der Waals surface area contributed by atoms with Crippen molar-refractivity contribution in [3.63, 3.8) is 0 Å². The summed E-state index contributed by atoms with van der Waals surface area (Å²) in [6, 6.07) is 21.1. The lowest BCUT2D eigenvalue weighted by Crippen LogP contribution is -2.16. The zero-order valence-corrected chi connectivity index (χ0v) is 19.9. The minimum absolute atomic E-state index is 0.170. The summed E-state index contributed by atoms with van der Waals surface area (Å²) in [5.74, 6) is 0.199. The molecule has 0 saturated heterocycles. The molecule has 0 spiro atoms. The molecule has 35 heavy (non-hydrogen) atoms. The lowest BCUT2D eigenvalue weighted by Gasteiger charge is -2.03. The van der Waals surface area contributed by atoms with E-state index in [0.717, 1.165) is 15.5 Å². The maximum atomic E-state index is 12.7. The van der Waals surface area contributed by atoms with E-state index in [1.807, 2.05) is 30.3 Å². The van der Waals surface area contributed by atoms with Crippen LogP contribution in [0.25, 0.3) is 21.1 Å². The van der Waals surface area contributed by atoms with Crippen molar-refractivity contribution in [2.75, 3.05) is 7.11 Å². The first kappa shape index (κ1) is 22.6. The van der Waals surface area contributed by atoms with Gasteiger partial charge in [-0.15, -0.1) is 11.3 Å². The molecule has 0 atom stereocenters. The van der Waals surface area contributed by atoms with Gasteiger partial charge in [0, 0.05) is 15.5 Å². The number of nitrogens with zero attached hydrogens (tertiary/aromatic N) is 1. The van der Waals surface area contributed by atoms with Crippen LogP contribution in [0.5, 0.6) is 11.5 Å². The highest BCUT2D eigenvalue weighted by Gasteiger charge is 2.19. The molecule has 0 fully saturated rings. The zero-order valence-electron chi connectivity index (χ0n) is 18.3. The van der Waals surface area contributed by atoms with E-state index >= 15 is 0 Å². The number of nitrogens with one attached hydrogen (secondary N) is 1. The highest BCUT2D eigenvalue weighted by Crippen LogP contribution is 2.37. The Kier molecular flexibility index (Phi) is 6.22. The third kappa shape index (κ3) is 4.75. The number of furan rings is 1. The molecule has 9 heteroatoms. The van der Waals surface area contributed by atoms with Crippen LogP contribution in [0.4, 0.5) is 0 Å². The van der Waals surface area contributed by atoms with Gasteiger partial charge >= 0.3 is 11.9 Å². The zero-order chi connectivity index (χ0) is 24.4. The van der Waals surface area contributed by atoms with Crippen LogP contribution in [0.2, 0.25) is 5.02 Å². The highest BCUT2D eigenvalue weighted by atomic mass is 35.5. The van der Waals surface area contributed by atoms with E-state index in [9.17, 15) is 9.59 Å². The number of hydrogen-bond acceptors (Lipinski definition) is 7. The molecule has 0 unspecified atom stereocenters. The van der Waals surface area contributed by atoms with Crippen LogP contribution in [0.3, 0.4) is 0 Å². The van der Waals surface area contributed by atoms with Gasteiger partial charge < -0.3 is 13.9 Å². The first-order chi connectivity index (χ1) is 17.0. The van der Waals surface area contributed by atoms with Gasteiger partial charge in [-0.3, -0.25) is 4.79 Å². The van der Waals surface area contributed by atoms with E-state index in [0.29, 0.717) is 32.5 Å². The second-order valence-corrected chi connectivity index (χ2v) is 8.84. The standard InChI is InChI=1S/C26H17ClN2O5S/c1-32-18-10-11-19-22(13-18)35-24(23(19)27)26(31)33-17-8-6-15(7-9-17)14-28-29-25(30)21-12-16-4-2-3-5-20(16)34-21/h2-14H,1H3,(H,29,30)/b28-14-. The van der Waals surface area contributed by atoms with Crippen LogP contribution < -0.4 is 14.9 Å². The van der Waals surface area contributed by atoms with Crippen LogP contribution in [0, 0.1) is 0 Å². The number of carbonyl (C=O) groups excluding carboxylic acids is 2. The number of hydrogen-bond donors (Lipinski definition) is 1. The summed E-state index contributed by atoms with van der Waals surface area (Å²) in [6.45, 7) is 0. The largest absolute Gasteiger partial charge is 0.497 e. The maximum Gasteiger partial charge on any atom is 0.355 e. The van der Waals surface area contributed by atoms with Gasteiger partial charge in [0.15, 0.2) is 5.76 Å². The molecular weight excluding hydrogens is 488 g/mol. The van der Waals surface area contributed by atoms with Crippen LogP contribution in [-0.2, 0) is 0 Å². The van der Waals surface area contributed by atoms with Crippen LogP contribution in [-0.4, -0.2) is 25.2 Å². The number of halogens is 1. The van der Waals surface area contributed by atoms with Gasteiger partial charge in [-0.25, -0.2) is 10.2 Å². The van der Waals surface area contributed by atoms with Crippen molar-refractivity contribution in [3.05, 3.63) is 94.0 Å². The van der Waals surface area contributed by atoms with Crippen molar-refractivity contribution in [1.82, 2.24) is 5.43 Å². The third-order valence-electron chi connectivity index (χ3n) is 5.14. The first-order valence-electron chi connectivity index (χ1n) is 10.4. The summed E-state index contributed by atoms with van der Waals surface area (Å²) < 4.78 is 17.0. The Morgan fingerprint density at radius 2 is 1.80 bits per heavy atom. The van der Waals surface area contributed by atoms with Crippen molar-refractivity contribution < 1.29 is 23.5 Å². The van der Waals surface area contributed by atoms with Crippen LogP contribution in [0.15, 0.2) is 82.3 Å². The summed E-state index contributed by atoms with van der Waals surface area (Å²) in [5, 5.41) is 5.91. The molecule has 2 heterocycles. The van der Waals surface area contributed by atoms with Gasteiger partial charge in [-0.1, -0.05) is 29.8 Å². The number of rotatable bonds is 6. The molecule has 0 aliphatic carbocycles. The molecule has 0 bridgehead atoms. The number of hydrazone groups is 1. The van der Waals surface area contributed by atoms with E-state index < -0.39 is 11.9 Å². The smallest absolute Gasteiger partial charge is 0.355 e. The van der Waals surface area contributed by atoms with Crippen LogP contribution >= 0.6 is 22.9 Å². The van der Waals surface area contributed by atoms with Gasteiger partial charge in [0.2, 0.25) is 0 Å². The summed E-state index contributed by atoms with van der Waals surface area (Å²) in [4.78, 5) is 25.2. The Bertz CT molecular complexity index is 1550. The number of carbonyl (C=O) groups is 2. The number of amides is 1. The third-order valence-corrected chi connectivity index (χ3v) is 6.78. The molecule has 2 aromatic heterocycles. The molecule has 0 radical (unpaired) electrons. The first-order valence-corrected chi connectivity index (χ1v) is 11.6.